The first kappa shape index (κ1) is 22.2. The Kier molecular flexibility index (Phi) is 11.2. The van der Waals surface area contributed by atoms with Crippen LogP contribution in [0.1, 0.15) is 32.3 Å². The predicted octanol–water partition coefficient (Wildman–Crippen LogP) is 3.67. The van der Waals surface area contributed by atoms with Crippen LogP contribution in [-0.2, 0) is 4.79 Å². The monoisotopic (exact) mass is 496 g/mol. The van der Waals surface area contributed by atoms with Gasteiger partial charge in [0.1, 0.15) is 0 Å². The summed E-state index contributed by atoms with van der Waals surface area (Å²) in [5, 5.41) is 9.33. The van der Waals surface area contributed by atoms with E-state index in [2.05, 4.69) is 50.7 Å². The minimum Gasteiger partial charge on any atom is -0.356 e. The van der Waals surface area contributed by atoms with E-state index in [4.69, 9.17) is 0 Å². The van der Waals surface area contributed by atoms with Crippen LogP contribution in [0.15, 0.2) is 27.7 Å². The number of hydrogen-bond acceptors (Lipinski definition) is 2. The number of carbonyl (C=O) groups is 1. The van der Waals surface area contributed by atoms with Gasteiger partial charge in [-0.15, -0.1) is 24.0 Å². The van der Waals surface area contributed by atoms with Gasteiger partial charge in [-0.1, -0.05) is 28.9 Å². The molecule has 0 saturated carbocycles. The maximum absolute atomic E-state index is 12.0. The van der Waals surface area contributed by atoms with Gasteiger partial charge in [-0.2, -0.15) is 0 Å². The Hall–Kier alpha value is -0.830. The number of nitrogens with zero attached hydrogens (tertiary/aromatic N) is 1. The Morgan fingerprint density at radius 1 is 1.39 bits per heavy atom. The second kappa shape index (κ2) is 11.7. The second-order valence-corrected chi connectivity index (χ2v) is 6.13. The van der Waals surface area contributed by atoms with Crippen LogP contribution in [0.25, 0.3) is 0 Å². The molecule has 0 heterocycles. The number of anilines is 1. The molecular formula is C16H26BrIN4O. The Morgan fingerprint density at radius 2 is 2.09 bits per heavy atom. The summed E-state index contributed by atoms with van der Waals surface area (Å²) in [6.45, 7) is 6.71. The zero-order valence-electron chi connectivity index (χ0n) is 14.1. The molecule has 1 rings (SSSR count). The van der Waals surface area contributed by atoms with Gasteiger partial charge < -0.3 is 16.0 Å². The van der Waals surface area contributed by atoms with Gasteiger partial charge in [0.2, 0.25) is 5.91 Å². The number of aliphatic imine (C=N–C) groups is 1. The van der Waals surface area contributed by atoms with Gasteiger partial charge in [0, 0.05) is 36.2 Å². The molecule has 23 heavy (non-hydrogen) atoms. The van der Waals surface area contributed by atoms with E-state index in [1.54, 1.807) is 7.05 Å². The van der Waals surface area contributed by atoms with Crippen molar-refractivity contribution in [3.63, 3.8) is 0 Å². The van der Waals surface area contributed by atoms with Crippen LogP contribution in [0.3, 0.4) is 0 Å². The maximum Gasteiger partial charge on any atom is 0.226 e. The molecule has 0 bridgehead atoms. The molecule has 0 aliphatic heterocycles. The van der Waals surface area contributed by atoms with Crippen molar-refractivity contribution >= 4 is 57.5 Å². The fourth-order valence-electron chi connectivity index (χ4n) is 1.77. The Morgan fingerprint density at radius 3 is 2.70 bits per heavy atom. The van der Waals surface area contributed by atoms with Crippen molar-refractivity contribution in [3.8, 4) is 0 Å². The van der Waals surface area contributed by atoms with E-state index in [-0.39, 0.29) is 29.9 Å². The molecule has 0 saturated heterocycles. The number of amides is 1. The van der Waals surface area contributed by atoms with Crippen LogP contribution < -0.4 is 16.0 Å². The van der Waals surface area contributed by atoms with Gasteiger partial charge in [-0.25, -0.2) is 0 Å². The molecule has 1 amide bonds. The molecule has 1 unspecified atom stereocenters. The van der Waals surface area contributed by atoms with Gasteiger partial charge in [-0.3, -0.25) is 9.79 Å². The zero-order valence-corrected chi connectivity index (χ0v) is 18.0. The molecule has 1 aromatic carbocycles. The van der Waals surface area contributed by atoms with Crippen LogP contribution in [0.5, 0.6) is 0 Å². The molecule has 130 valence electrons. The summed E-state index contributed by atoms with van der Waals surface area (Å²) in [7, 11) is 1.72. The molecule has 0 radical (unpaired) electrons. The standard InChI is InChI=1S/C16H25BrN4O.HI/c1-5-12(3)20-16(18-4)19-9-8-15(22)21-14-10-13(17)7-6-11(14)2;/h6-7,10,12H,5,8-9H2,1-4H3,(H,21,22)(H2,18,19,20);1H. The van der Waals surface area contributed by atoms with Crippen molar-refractivity contribution in [2.24, 2.45) is 4.99 Å². The van der Waals surface area contributed by atoms with E-state index in [9.17, 15) is 4.79 Å². The lowest BCUT2D eigenvalue weighted by atomic mass is 10.2. The highest BCUT2D eigenvalue weighted by molar-refractivity contribution is 14.0. The summed E-state index contributed by atoms with van der Waals surface area (Å²) in [6, 6.07) is 6.18. The average Bonchev–Trinajstić information content (AvgIpc) is 2.49. The van der Waals surface area contributed by atoms with Crippen LogP contribution in [0, 0.1) is 6.92 Å². The second-order valence-electron chi connectivity index (χ2n) is 5.21. The number of hydrogen-bond donors (Lipinski definition) is 3. The fraction of sp³-hybridized carbons (Fsp3) is 0.500. The predicted molar refractivity (Wildman–Crippen MR) is 112 cm³/mol. The maximum atomic E-state index is 12.0. The number of rotatable bonds is 6. The molecule has 5 nitrogen and oxygen atoms in total. The Labute approximate surface area is 164 Å². The van der Waals surface area contributed by atoms with Crippen molar-refractivity contribution in [3.05, 3.63) is 28.2 Å². The van der Waals surface area contributed by atoms with Crippen molar-refractivity contribution in [2.45, 2.75) is 39.7 Å². The number of nitrogens with one attached hydrogen (secondary N) is 3. The lowest BCUT2D eigenvalue weighted by molar-refractivity contribution is -0.116. The quantitative estimate of drug-likeness (QED) is 0.320. The number of halogens is 2. The van der Waals surface area contributed by atoms with Crippen LogP contribution in [0.4, 0.5) is 5.69 Å². The first-order valence-electron chi connectivity index (χ1n) is 7.49. The van der Waals surface area contributed by atoms with E-state index in [1.807, 2.05) is 25.1 Å². The lowest BCUT2D eigenvalue weighted by Gasteiger charge is -2.16. The molecule has 0 spiro atoms. The summed E-state index contributed by atoms with van der Waals surface area (Å²) in [5.41, 5.74) is 1.88. The van der Waals surface area contributed by atoms with E-state index >= 15 is 0 Å². The largest absolute Gasteiger partial charge is 0.356 e. The first-order valence-corrected chi connectivity index (χ1v) is 8.28. The number of guanidine groups is 1. The smallest absolute Gasteiger partial charge is 0.226 e. The average molecular weight is 497 g/mol. The third kappa shape index (κ3) is 8.55. The number of benzene rings is 1. The molecule has 0 aliphatic carbocycles. The highest BCUT2D eigenvalue weighted by atomic mass is 127. The zero-order chi connectivity index (χ0) is 16.5. The van der Waals surface area contributed by atoms with E-state index in [1.165, 1.54) is 0 Å². The minimum atomic E-state index is -0.0207. The Bertz CT molecular complexity index is 537. The third-order valence-corrected chi connectivity index (χ3v) is 3.83. The molecule has 3 N–H and O–H groups in total. The number of carbonyl (C=O) groups excluding carboxylic acids is 1. The van der Waals surface area contributed by atoms with Gasteiger partial charge in [0.25, 0.3) is 0 Å². The van der Waals surface area contributed by atoms with Gasteiger partial charge >= 0.3 is 0 Å². The molecule has 1 atom stereocenters. The van der Waals surface area contributed by atoms with Gasteiger partial charge in [-0.05, 0) is 38.0 Å². The molecule has 1 aromatic rings. The fourth-order valence-corrected chi connectivity index (χ4v) is 2.13. The van der Waals surface area contributed by atoms with Crippen LogP contribution >= 0.6 is 39.9 Å². The van der Waals surface area contributed by atoms with Crippen LogP contribution in [0.2, 0.25) is 0 Å². The van der Waals surface area contributed by atoms with Crippen molar-refractivity contribution in [1.82, 2.24) is 10.6 Å². The molecule has 7 heteroatoms. The number of aryl methyl sites for hydroxylation is 1. The summed E-state index contributed by atoms with van der Waals surface area (Å²) in [4.78, 5) is 16.1. The van der Waals surface area contributed by atoms with Gasteiger partial charge in [0.05, 0.1) is 0 Å². The summed E-state index contributed by atoms with van der Waals surface area (Å²) >= 11 is 3.41. The highest BCUT2D eigenvalue weighted by Gasteiger charge is 2.07. The molecule has 0 fully saturated rings. The summed E-state index contributed by atoms with van der Waals surface area (Å²) in [5.74, 6) is 0.702. The summed E-state index contributed by atoms with van der Waals surface area (Å²) in [6.07, 6.45) is 1.40. The van der Waals surface area contributed by atoms with E-state index in [0.29, 0.717) is 19.0 Å². The lowest BCUT2D eigenvalue weighted by Crippen LogP contribution is -2.42. The van der Waals surface area contributed by atoms with E-state index < -0.39 is 0 Å². The van der Waals surface area contributed by atoms with E-state index in [0.717, 1.165) is 28.1 Å². The molecule has 0 aliphatic rings. The topological polar surface area (TPSA) is 65.5 Å². The summed E-state index contributed by atoms with van der Waals surface area (Å²) < 4.78 is 0.949. The SMILES string of the molecule is CCC(C)NC(=NC)NCCC(=O)Nc1cc(Br)ccc1C.I. The minimum absolute atomic E-state index is 0. The van der Waals surface area contributed by atoms with Crippen molar-refractivity contribution in [2.75, 3.05) is 18.9 Å². The van der Waals surface area contributed by atoms with Gasteiger partial charge in [0.15, 0.2) is 5.96 Å². The van der Waals surface area contributed by atoms with Crippen molar-refractivity contribution < 1.29 is 4.79 Å². The first-order chi connectivity index (χ1) is 10.5. The highest BCUT2D eigenvalue weighted by Crippen LogP contribution is 2.20. The van der Waals surface area contributed by atoms with Crippen molar-refractivity contribution in [1.29, 1.82) is 0 Å². The van der Waals surface area contributed by atoms with Crippen LogP contribution in [-0.4, -0.2) is 31.5 Å². The Balaban J connectivity index is 0.00000484. The third-order valence-electron chi connectivity index (χ3n) is 3.34. The molecule has 0 aromatic heterocycles. The molecular weight excluding hydrogens is 471 g/mol. The normalized spacial score (nSPS) is 12.1.